The monoisotopic (exact) mass is 418 g/mol. The van der Waals surface area contributed by atoms with Crippen LogP contribution in [-0.4, -0.2) is 13.2 Å². The lowest BCUT2D eigenvalue weighted by Crippen LogP contribution is -1.98. The fourth-order valence-corrected chi connectivity index (χ4v) is 4.19. The molecule has 2 rings (SSSR count). The van der Waals surface area contributed by atoms with Gasteiger partial charge in [0.05, 0.1) is 0 Å². The van der Waals surface area contributed by atoms with E-state index in [4.69, 9.17) is 4.74 Å². The molecule has 2 aromatic rings. The Morgan fingerprint density at radius 1 is 0.548 bits per heavy atom. The van der Waals surface area contributed by atoms with E-state index < -0.39 is 0 Å². The number of rotatable bonds is 18. The van der Waals surface area contributed by atoms with Gasteiger partial charge in [0.25, 0.3) is 0 Å². The average Bonchev–Trinajstić information content (AvgIpc) is 2.83. The van der Waals surface area contributed by atoms with E-state index >= 15 is 0 Å². The highest BCUT2D eigenvalue weighted by molar-refractivity contribution is 5.23. The van der Waals surface area contributed by atoms with E-state index in [2.05, 4.69) is 86.0 Å². The van der Waals surface area contributed by atoms with Gasteiger partial charge in [-0.05, 0) is 36.8 Å². The molecule has 0 aliphatic rings. The van der Waals surface area contributed by atoms with E-state index in [1.165, 1.54) is 75.3 Å². The zero-order chi connectivity index (χ0) is 22.0. The molecule has 0 amide bonds. The largest absolute Gasteiger partial charge is 0.381 e. The highest BCUT2D eigenvalue weighted by Gasteiger charge is 2.07. The second-order valence-electron chi connectivity index (χ2n) is 8.52. The maximum Gasteiger partial charge on any atom is 0.0466 e. The molecule has 0 fully saturated rings. The summed E-state index contributed by atoms with van der Waals surface area (Å²) in [6.07, 6.45) is 16.6. The number of unbranched alkanes of at least 4 members (excludes halogenated alkanes) is 6. The van der Waals surface area contributed by atoms with Crippen LogP contribution >= 0.6 is 0 Å². The first-order chi connectivity index (χ1) is 15.3. The van der Waals surface area contributed by atoms with Crippen molar-refractivity contribution in [1.82, 2.24) is 0 Å². The van der Waals surface area contributed by atoms with Crippen LogP contribution in [0.25, 0.3) is 0 Å². The van der Waals surface area contributed by atoms with Gasteiger partial charge in [-0.15, -0.1) is 13.2 Å². The molecule has 0 aliphatic carbocycles. The van der Waals surface area contributed by atoms with Crippen molar-refractivity contribution < 1.29 is 4.74 Å². The summed E-state index contributed by atoms with van der Waals surface area (Å²) >= 11 is 0. The zero-order valence-corrected chi connectivity index (χ0v) is 19.4. The SMILES string of the molecule is C=CC(CCCCCCOCCCCCCC(C=C)c1ccccc1)c1ccccc1. The number of benzene rings is 2. The van der Waals surface area contributed by atoms with Crippen LogP contribution in [0.15, 0.2) is 86.0 Å². The van der Waals surface area contributed by atoms with Crippen LogP contribution in [0.3, 0.4) is 0 Å². The van der Waals surface area contributed by atoms with Crippen LogP contribution in [-0.2, 0) is 4.74 Å². The Bertz CT molecular complexity index is 629. The summed E-state index contributed by atoms with van der Waals surface area (Å²) in [4.78, 5) is 0. The minimum atomic E-state index is 0.493. The van der Waals surface area contributed by atoms with E-state index in [-0.39, 0.29) is 0 Å². The van der Waals surface area contributed by atoms with Gasteiger partial charge in [0.1, 0.15) is 0 Å². The molecule has 0 aromatic heterocycles. The Morgan fingerprint density at radius 2 is 0.935 bits per heavy atom. The van der Waals surface area contributed by atoms with Crippen LogP contribution in [0.5, 0.6) is 0 Å². The minimum absolute atomic E-state index is 0.493. The molecule has 2 unspecified atom stereocenters. The maximum atomic E-state index is 5.84. The summed E-state index contributed by atoms with van der Waals surface area (Å²) in [5, 5.41) is 0. The number of ether oxygens (including phenoxy) is 1. The second kappa shape index (κ2) is 16.6. The lowest BCUT2D eigenvalue weighted by atomic mass is 9.93. The highest BCUT2D eigenvalue weighted by atomic mass is 16.5. The quantitative estimate of drug-likeness (QED) is 0.173. The van der Waals surface area contributed by atoms with Gasteiger partial charge >= 0.3 is 0 Å². The van der Waals surface area contributed by atoms with Gasteiger partial charge in [0.15, 0.2) is 0 Å². The molecule has 0 heterocycles. The summed E-state index contributed by atoms with van der Waals surface area (Å²) in [5.74, 6) is 0.985. The lowest BCUT2D eigenvalue weighted by molar-refractivity contribution is 0.125. The Hall–Kier alpha value is -2.12. The zero-order valence-electron chi connectivity index (χ0n) is 19.4. The van der Waals surface area contributed by atoms with E-state index in [0.29, 0.717) is 11.8 Å². The molecular weight excluding hydrogens is 376 g/mol. The van der Waals surface area contributed by atoms with Crippen LogP contribution in [0, 0.1) is 0 Å². The Balaban J connectivity index is 1.39. The minimum Gasteiger partial charge on any atom is -0.381 e. The van der Waals surface area contributed by atoms with Crippen molar-refractivity contribution >= 4 is 0 Å². The van der Waals surface area contributed by atoms with Gasteiger partial charge in [-0.3, -0.25) is 0 Å². The molecule has 2 aromatic carbocycles. The van der Waals surface area contributed by atoms with E-state index in [0.717, 1.165) is 13.2 Å². The van der Waals surface area contributed by atoms with Crippen molar-refractivity contribution in [3.05, 3.63) is 97.1 Å². The molecule has 0 saturated heterocycles. The summed E-state index contributed by atoms with van der Waals surface area (Å²) in [5.41, 5.74) is 2.78. The lowest BCUT2D eigenvalue weighted by Gasteiger charge is -2.13. The summed E-state index contributed by atoms with van der Waals surface area (Å²) in [7, 11) is 0. The summed E-state index contributed by atoms with van der Waals surface area (Å²) < 4.78 is 5.84. The van der Waals surface area contributed by atoms with Gasteiger partial charge in [-0.2, -0.15) is 0 Å². The molecule has 2 atom stereocenters. The van der Waals surface area contributed by atoms with Crippen molar-refractivity contribution in [3.8, 4) is 0 Å². The second-order valence-corrected chi connectivity index (χ2v) is 8.52. The average molecular weight is 419 g/mol. The number of hydrogen-bond acceptors (Lipinski definition) is 1. The van der Waals surface area contributed by atoms with Crippen LogP contribution in [0.1, 0.15) is 87.2 Å². The topological polar surface area (TPSA) is 9.23 Å². The summed E-state index contributed by atoms with van der Waals surface area (Å²) in [6.45, 7) is 9.86. The van der Waals surface area contributed by atoms with Gasteiger partial charge in [0, 0.05) is 25.0 Å². The maximum absolute atomic E-state index is 5.84. The first-order valence-electron chi connectivity index (χ1n) is 12.3. The third-order valence-electron chi connectivity index (χ3n) is 6.13. The van der Waals surface area contributed by atoms with Crippen molar-refractivity contribution in [1.29, 1.82) is 0 Å². The van der Waals surface area contributed by atoms with Gasteiger partial charge in [0.2, 0.25) is 0 Å². The molecule has 0 radical (unpaired) electrons. The molecule has 1 nitrogen and oxygen atoms in total. The first-order valence-corrected chi connectivity index (χ1v) is 12.3. The first kappa shape index (κ1) is 25.1. The highest BCUT2D eigenvalue weighted by Crippen LogP contribution is 2.24. The number of hydrogen-bond donors (Lipinski definition) is 0. The molecule has 0 bridgehead atoms. The van der Waals surface area contributed by atoms with Crippen LogP contribution < -0.4 is 0 Å². The van der Waals surface area contributed by atoms with E-state index in [1.54, 1.807) is 0 Å². The summed E-state index contributed by atoms with van der Waals surface area (Å²) in [6, 6.07) is 21.5. The molecule has 0 aliphatic heterocycles. The van der Waals surface area contributed by atoms with Gasteiger partial charge in [-0.1, -0.05) is 111 Å². The fourth-order valence-electron chi connectivity index (χ4n) is 4.19. The van der Waals surface area contributed by atoms with Crippen molar-refractivity contribution in [2.75, 3.05) is 13.2 Å². The van der Waals surface area contributed by atoms with Crippen LogP contribution in [0.2, 0.25) is 0 Å². The van der Waals surface area contributed by atoms with Gasteiger partial charge in [-0.25, -0.2) is 0 Å². The van der Waals surface area contributed by atoms with Crippen molar-refractivity contribution in [3.63, 3.8) is 0 Å². The predicted octanol–water partition coefficient (Wildman–Crippen LogP) is 8.84. The Labute approximate surface area is 191 Å². The molecule has 0 saturated carbocycles. The standard InChI is InChI=1S/C30H42O/c1-3-27(29-21-13-9-14-22-29)19-11-5-7-17-25-31-26-18-8-6-12-20-28(4-2)30-23-15-10-16-24-30/h3-4,9-10,13-16,21-24,27-28H,1-2,5-8,11-12,17-20,25-26H2. The molecule has 31 heavy (non-hydrogen) atoms. The van der Waals surface area contributed by atoms with E-state index in [9.17, 15) is 0 Å². The third-order valence-corrected chi connectivity index (χ3v) is 6.13. The van der Waals surface area contributed by atoms with E-state index in [1.807, 2.05) is 0 Å². The third kappa shape index (κ3) is 10.6. The molecule has 0 N–H and O–H groups in total. The molecule has 1 heteroatoms. The smallest absolute Gasteiger partial charge is 0.0466 e. The van der Waals surface area contributed by atoms with Gasteiger partial charge < -0.3 is 4.74 Å². The van der Waals surface area contributed by atoms with Crippen LogP contribution in [0.4, 0.5) is 0 Å². The Morgan fingerprint density at radius 3 is 1.32 bits per heavy atom. The molecule has 168 valence electrons. The van der Waals surface area contributed by atoms with Crippen molar-refractivity contribution in [2.45, 2.75) is 76.0 Å². The fraction of sp³-hybridized carbons (Fsp3) is 0.467. The Kier molecular flexibility index (Phi) is 13.4. The molecule has 0 spiro atoms. The van der Waals surface area contributed by atoms with Crippen molar-refractivity contribution in [2.24, 2.45) is 0 Å². The predicted molar refractivity (Wildman–Crippen MR) is 136 cm³/mol. The number of allylic oxidation sites excluding steroid dienone is 2. The molecular formula is C30H42O. The normalized spacial score (nSPS) is 12.9.